The number of aromatic nitrogens is 1. The van der Waals surface area contributed by atoms with Crippen molar-refractivity contribution in [3.63, 3.8) is 0 Å². The molecule has 2 saturated heterocycles. The van der Waals surface area contributed by atoms with Gasteiger partial charge in [-0.25, -0.2) is 9.78 Å². The normalized spacial score (nSPS) is 24.7. The summed E-state index contributed by atoms with van der Waals surface area (Å²) in [6.45, 7) is 4.59. The first-order chi connectivity index (χ1) is 18.8. The molecular weight excluding hydrogens is 544 g/mol. The number of nitrogen functional groups attached to an aromatic ring is 1. The van der Waals surface area contributed by atoms with Crippen LogP contribution in [-0.4, -0.2) is 85.7 Å². The number of nitrogens with zero attached hydrogens (tertiary/aromatic N) is 4. The van der Waals surface area contributed by atoms with Crippen LogP contribution in [0.3, 0.4) is 0 Å². The zero-order valence-corrected chi connectivity index (χ0v) is 22.6. The highest BCUT2D eigenvalue weighted by Gasteiger charge is 2.54. The van der Waals surface area contributed by atoms with Gasteiger partial charge >= 0.3 is 5.97 Å². The van der Waals surface area contributed by atoms with Crippen molar-refractivity contribution in [3.8, 4) is 0 Å². The third kappa shape index (κ3) is 5.30. The summed E-state index contributed by atoms with van der Waals surface area (Å²) in [4.78, 5) is 63.8. The molecule has 12 nitrogen and oxygen atoms in total. The molecule has 0 bridgehead atoms. The summed E-state index contributed by atoms with van der Waals surface area (Å²) in [5.74, 6) is -2.41. The standard InChI is InChI=1S/C25H28N6O6S2/c1-2-8-30-9-7-13(21(30)33)10-14-11-38-23-18(22(34)31(23)19(14)24(35)36)28-20(32)17(16-12-39-25(26)27-16)29-37-15-5-3-4-6-15/h2,10,12,15,18,23H,1,3-9,11H2,(H2,26,27)(H,28,32)(H,35,36)/t18-,23-/m1/s1. The fraction of sp³-hybridized carbons (Fsp3) is 0.440. The molecule has 4 N–H and O–H groups in total. The highest BCUT2D eigenvalue weighted by Crippen LogP contribution is 2.41. The largest absolute Gasteiger partial charge is 0.477 e. The van der Waals surface area contributed by atoms with Crippen molar-refractivity contribution in [2.75, 3.05) is 24.6 Å². The Labute approximate surface area is 232 Å². The highest BCUT2D eigenvalue weighted by molar-refractivity contribution is 8.00. The predicted molar refractivity (Wildman–Crippen MR) is 146 cm³/mol. The van der Waals surface area contributed by atoms with Crippen molar-refractivity contribution in [2.24, 2.45) is 5.16 Å². The second-order valence-corrected chi connectivity index (χ2v) is 11.5. The molecule has 2 atom stereocenters. The predicted octanol–water partition coefficient (Wildman–Crippen LogP) is 1.47. The zero-order chi connectivity index (χ0) is 27.7. The Morgan fingerprint density at radius 1 is 1.33 bits per heavy atom. The number of nitrogens with one attached hydrogen (secondary N) is 1. The van der Waals surface area contributed by atoms with E-state index in [-0.39, 0.29) is 40.0 Å². The van der Waals surface area contributed by atoms with Gasteiger partial charge in [-0.1, -0.05) is 11.2 Å². The van der Waals surface area contributed by atoms with Crippen LogP contribution in [-0.2, 0) is 24.0 Å². The first kappa shape index (κ1) is 26.9. The summed E-state index contributed by atoms with van der Waals surface area (Å²) >= 11 is 2.46. The molecule has 0 aromatic carbocycles. The van der Waals surface area contributed by atoms with E-state index in [1.165, 1.54) is 16.7 Å². The van der Waals surface area contributed by atoms with Gasteiger partial charge in [-0.3, -0.25) is 19.3 Å². The lowest BCUT2D eigenvalue weighted by Gasteiger charge is -2.49. The molecule has 1 aromatic rings. The summed E-state index contributed by atoms with van der Waals surface area (Å²) in [6, 6.07) is -0.963. The maximum Gasteiger partial charge on any atom is 0.352 e. The molecule has 14 heteroatoms. The lowest BCUT2D eigenvalue weighted by Crippen LogP contribution is -2.71. The maximum atomic E-state index is 13.2. The number of amides is 3. The van der Waals surface area contributed by atoms with Crippen molar-refractivity contribution in [2.45, 2.75) is 49.6 Å². The Morgan fingerprint density at radius 2 is 2.10 bits per heavy atom. The summed E-state index contributed by atoms with van der Waals surface area (Å²) < 4.78 is 0. The van der Waals surface area contributed by atoms with Crippen LogP contribution >= 0.6 is 23.1 Å². The second kappa shape index (κ2) is 11.2. The number of anilines is 1. The van der Waals surface area contributed by atoms with Crippen molar-refractivity contribution in [3.05, 3.63) is 46.6 Å². The van der Waals surface area contributed by atoms with Crippen molar-refractivity contribution >= 4 is 57.6 Å². The number of hydrogen-bond donors (Lipinski definition) is 3. The molecule has 5 rings (SSSR count). The molecule has 1 aliphatic carbocycles. The zero-order valence-electron chi connectivity index (χ0n) is 21.0. The van der Waals surface area contributed by atoms with Crippen LogP contribution in [0, 0.1) is 0 Å². The Hall–Kier alpha value is -3.65. The van der Waals surface area contributed by atoms with Gasteiger partial charge in [-0.05, 0) is 43.8 Å². The number of carbonyl (C=O) groups is 4. The lowest BCUT2D eigenvalue weighted by atomic mass is 10.0. The van der Waals surface area contributed by atoms with Gasteiger partial charge in [0.05, 0.1) is 0 Å². The van der Waals surface area contributed by atoms with Crippen LogP contribution in [0.25, 0.3) is 0 Å². The Balaban J connectivity index is 1.34. The van der Waals surface area contributed by atoms with Crippen LogP contribution in [0.5, 0.6) is 0 Å². The molecule has 3 fully saturated rings. The number of nitrogens with two attached hydrogens (primary N) is 1. The van der Waals surface area contributed by atoms with Gasteiger partial charge in [0.15, 0.2) is 10.8 Å². The molecule has 39 heavy (non-hydrogen) atoms. The fourth-order valence-electron chi connectivity index (χ4n) is 5.03. The van der Waals surface area contributed by atoms with Gasteiger partial charge in [0.1, 0.15) is 28.9 Å². The van der Waals surface area contributed by atoms with E-state index in [0.717, 1.165) is 37.0 Å². The number of β-lactam (4-membered cyclic amide) rings is 1. The minimum atomic E-state index is -1.27. The quantitative estimate of drug-likeness (QED) is 0.130. The molecule has 4 aliphatic rings. The van der Waals surface area contributed by atoms with E-state index in [0.29, 0.717) is 30.7 Å². The van der Waals surface area contributed by atoms with E-state index >= 15 is 0 Å². The van der Waals surface area contributed by atoms with Gasteiger partial charge < -0.3 is 25.9 Å². The van der Waals surface area contributed by atoms with Crippen LogP contribution in [0.4, 0.5) is 5.13 Å². The van der Waals surface area contributed by atoms with Crippen LogP contribution in [0.1, 0.15) is 37.8 Å². The SMILES string of the molecule is C=CCN1CCC(=CC2=C(C(=O)O)N3C(=O)[C@@H](NC(=O)C(=NOC4CCCC4)c4csc(N)n4)[C@H]3SC2)C1=O. The lowest BCUT2D eigenvalue weighted by molar-refractivity contribution is -0.150. The summed E-state index contributed by atoms with van der Waals surface area (Å²) in [5.41, 5.74) is 6.60. The molecule has 1 saturated carbocycles. The van der Waals surface area contributed by atoms with E-state index in [9.17, 15) is 24.3 Å². The van der Waals surface area contributed by atoms with E-state index in [1.807, 2.05) is 0 Å². The van der Waals surface area contributed by atoms with Crippen molar-refractivity contribution < 1.29 is 29.1 Å². The molecule has 206 valence electrons. The molecule has 0 spiro atoms. The maximum absolute atomic E-state index is 13.2. The molecule has 1 aromatic heterocycles. The van der Waals surface area contributed by atoms with E-state index in [1.54, 1.807) is 22.4 Å². The van der Waals surface area contributed by atoms with Crippen LogP contribution in [0.15, 0.2) is 46.1 Å². The minimum Gasteiger partial charge on any atom is -0.477 e. The second-order valence-electron chi connectivity index (χ2n) is 9.52. The van der Waals surface area contributed by atoms with E-state index in [4.69, 9.17) is 10.6 Å². The number of oxime groups is 1. The average molecular weight is 573 g/mol. The monoisotopic (exact) mass is 572 g/mol. The molecular formula is C25H28N6O6S2. The number of aliphatic carboxylic acids is 1. The summed E-state index contributed by atoms with van der Waals surface area (Å²) in [5, 5.41) is 17.9. The minimum absolute atomic E-state index is 0.0924. The fourth-order valence-corrected chi connectivity index (χ4v) is 6.88. The number of rotatable bonds is 9. The number of fused-ring (bicyclic) bond motifs is 1. The number of thioether (sulfide) groups is 1. The third-order valence-corrected chi connectivity index (χ3v) is 8.95. The van der Waals surface area contributed by atoms with Gasteiger partial charge in [0.25, 0.3) is 11.8 Å². The first-order valence-electron chi connectivity index (χ1n) is 12.6. The number of carbonyl (C=O) groups excluding carboxylic acids is 3. The third-order valence-electron chi connectivity index (χ3n) is 6.97. The smallest absolute Gasteiger partial charge is 0.352 e. The average Bonchev–Trinajstić information content (AvgIpc) is 3.66. The Kier molecular flexibility index (Phi) is 7.75. The van der Waals surface area contributed by atoms with Crippen molar-refractivity contribution in [1.82, 2.24) is 20.1 Å². The van der Waals surface area contributed by atoms with Crippen molar-refractivity contribution in [1.29, 1.82) is 0 Å². The number of hydrogen-bond acceptors (Lipinski definition) is 10. The van der Waals surface area contributed by atoms with Gasteiger partial charge in [-0.15, -0.1) is 29.7 Å². The topological polar surface area (TPSA) is 168 Å². The molecule has 0 radical (unpaired) electrons. The number of thiazole rings is 1. The molecule has 4 heterocycles. The van der Waals surface area contributed by atoms with Gasteiger partial charge in [0.2, 0.25) is 5.91 Å². The van der Waals surface area contributed by atoms with Gasteiger partial charge in [0, 0.05) is 29.8 Å². The Morgan fingerprint density at radius 3 is 2.77 bits per heavy atom. The number of allylic oxidation sites excluding steroid dienone is 1. The molecule has 0 unspecified atom stereocenters. The summed E-state index contributed by atoms with van der Waals surface area (Å²) in [6.07, 6.45) is 7.33. The number of carboxylic acids is 1. The van der Waals surface area contributed by atoms with Crippen LogP contribution in [0.2, 0.25) is 0 Å². The molecule has 3 amide bonds. The summed E-state index contributed by atoms with van der Waals surface area (Å²) in [7, 11) is 0. The van der Waals surface area contributed by atoms with Gasteiger partial charge in [-0.2, -0.15) is 0 Å². The molecule has 3 aliphatic heterocycles. The van der Waals surface area contributed by atoms with E-state index < -0.39 is 29.2 Å². The highest BCUT2D eigenvalue weighted by atomic mass is 32.2. The van der Waals surface area contributed by atoms with Crippen LogP contribution < -0.4 is 11.1 Å². The first-order valence-corrected chi connectivity index (χ1v) is 14.5. The Bertz CT molecular complexity index is 1310. The number of carboxylic acid groups (broad SMARTS) is 1. The number of likely N-dealkylation sites (tertiary alicyclic amines) is 1. The van der Waals surface area contributed by atoms with E-state index in [2.05, 4.69) is 22.0 Å².